The first-order valence-electron chi connectivity index (χ1n) is 6.32. The van der Waals surface area contributed by atoms with E-state index in [1.807, 2.05) is 0 Å². The number of hydrogen-bond donors (Lipinski definition) is 2. The van der Waals surface area contributed by atoms with Crippen molar-refractivity contribution in [2.75, 3.05) is 0 Å². The Morgan fingerprint density at radius 2 is 2.11 bits per heavy atom. The van der Waals surface area contributed by atoms with Gasteiger partial charge in [0.25, 0.3) is 0 Å². The van der Waals surface area contributed by atoms with Crippen LogP contribution in [-0.4, -0.2) is 21.0 Å². The highest BCUT2D eigenvalue weighted by atomic mass is 16.4. The molecule has 0 atom stereocenters. The van der Waals surface area contributed by atoms with Crippen LogP contribution in [0.3, 0.4) is 0 Å². The fourth-order valence-electron chi connectivity index (χ4n) is 2.82. The van der Waals surface area contributed by atoms with Crippen molar-refractivity contribution in [2.24, 2.45) is 0 Å². The van der Waals surface area contributed by atoms with Crippen molar-refractivity contribution in [3.05, 3.63) is 29.6 Å². The number of carboxylic acids is 1. The van der Waals surface area contributed by atoms with Crippen molar-refractivity contribution in [1.82, 2.24) is 9.97 Å². The summed E-state index contributed by atoms with van der Waals surface area (Å²) in [6, 6.07) is 5.04. The van der Waals surface area contributed by atoms with Gasteiger partial charge < -0.3 is 10.1 Å². The minimum atomic E-state index is -0.903. The Bertz CT molecular complexity index is 609. The number of nitrogens with one attached hydrogen (secondary N) is 1. The maximum atomic E-state index is 10.9. The molecule has 3 rings (SSSR count). The molecule has 4 nitrogen and oxygen atoms in total. The molecule has 0 aliphatic heterocycles. The van der Waals surface area contributed by atoms with E-state index in [-0.39, 0.29) is 5.41 Å². The second kappa shape index (κ2) is 3.83. The van der Waals surface area contributed by atoms with Gasteiger partial charge in [-0.25, -0.2) is 9.78 Å². The zero-order valence-electron chi connectivity index (χ0n) is 10.4. The number of carbonyl (C=O) groups is 1. The standard InChI is InChI=1S/C14H16N2O2/c1-14(6-2-3-7-14)13-15-10-5-4-9(12(17)18)8-11(10)16-13/h4-5,8H,2-3,6-7H2,1H3,(H,15,16)(H,17,18). The van der Waals surface area contributed by atoms with Gasteiger partial charge in [-0.1, -0.05) is 19.8 Å². The summed E-state index contributed by atoms with van der Waals surface area (Å²) in [5, 5.41) is 8.98. The number of carboxylic acid groups (broad SMARTS) is 1. The number of aromatic carboxylic acids is 1. The van der Waals surface area contributed by atoms with Crippen LogP contribution in [0.5, 0.6) is 0 Å². The number of aromatic amines is 1. The molecule has 1 saturated carbocycles. The van der Waals surface area contributed by atoms with Gasteiger partial charge in [0.1, 0.15) is 5.82 Å². The Kier molecular flexibility index (Phi) is 2.40. The van der Waals surface area contributed by atoms with Crippen LogP contribution < -0.4 is 0 Å². The van der Waals surface area contributed by atoms with Gasteiger partial charge in [0.05, 0.1) is 16.6 Å². The van der Waals surface area contributed by atoms with Crippen LogP contribution in [0.1, 0.15) is 48.8 Å². The first kappa shape index (κ1) is 11.3. The van der Waals surface area contributed by atoms with Crippen molar-refractivity contribution in [1.29, 1.82) is 0 Å². The number of nitrogens with zero attached hydrogens (tertiary/aromatic N) is 1. The third-order valence-corrected chi connectivity index (χ3v) is 4.01. The highest BCUT2D eigenvalue weighted by Crippen LogP contribution is 2.39. The predicted molar refractivity (Wildman–Crippen MR) is 68.9 cm³/mol. The van der Waals surface area contributed by atoms with Gasteiger partial charge in [0.15, 0.2) is 0 Å². The average Bonchev–Trinajstić information content (AvgIpc) is 2.94. The van der Waals surface area contributed by atoms with Crippen LogP contribution in [-0.2, 0) is 5.41 Å². The minimum absolute atomic E-state index is 0.127. The maximum Gasteiger partial charge on any atom is 0.335 e. The van der Waals surface area contributed by atoms with Crippen LogP contribution >= 0.6 is 0 Å². The van der Waals surface area contributed by atoms with Gasteiger partial charge in [0.2, 0.25) is 0 Å². The van der Waals surface area contributed by atoms with Gasteiger partial charge >= 0.3 is 5.97 Å². The summed E-state index contributed by atoms with van der Waals surface area (Å²) >= 11 is 0. The first-order chi connectivity index (χ1) is 8.58. The molecule has 1 aliphatic carbocycles. The Hall–Kier alpha value is -1.84. The summed E-state index contributed by atoms with van der Waals surface area (Å²) < 4.78 is 0. The Labute approximate surface area is 105 Å². The maximum absolute atomic E-state index is 10.9. The Morgan fingerprint density at radius 3 is 2.78 bits per heavy atom. The Morgan fingerprint density at radius 1 is 1.39 bits per heavy atom. The number of rotatable bonds is 2. The zero-order valence-corrected chi connectivity index (χ0v) is 10.4. The van der Waals surface area contributed by atoms with E-state index in [4.69, 9.17) is 5.11 Å². The Balaban J connectivity index is 2.08. The van der Waals surface area contributed by atoms with E-state index in [1.54, 1.807) is 18.2 Å². The smallest absolute Gasteiger partial charge is 0.335 e. The number of hydrogen-bond acceptors (Lipinski definition) is 2. The summed E-state index contributed by atoms with van der Waals surface area (Å²) in [5.74, 6) is 0.0951. The molecule has 2 aromatic rings. The lowest BCUT2D eigenvalue weighted by Gasteiger charge is -2.19. The molecular weight excluding hydrogens is 228 g/mol. The molecule has 0 saturated heterocycles. The quantitative estimate of drug-likeness (QED) is 0.853. The number of fused-ring (bicyclic) bond motifs is 1. The van der Waals surface area contributed by atoms with Crippen molar-refractivity contribution < 1.29 is 9.90 Å². The van der Waals surface area contributed by atoms with E-state index in [9.17, 15) is 4.79 Å². The van der Waals surface area contributed by atoms with E-state index < -0.39 is 5.97 Å². The predicted octanol–water partition coefficient (Wildman–Crippen LogP) is 3.09. The molecule has 1 aromatic carbocycles. The molecule has 0 bridgehead atoms. The van der Waals surface area contributed by atoms with Crippen LogP contribution in [0.15, 0.2) is 18.2 Å². The van der Waals surface area contributed by atoms with E-state index in [0.29, 0.717) is 5.56 Å². The second-order valence-electron chi connectivity index (χ2n) is 5.39. The van der Waals surface area contributed by atoms with Crippen LogP contribution in [0.4, 0.5) is 0 Å². The molecule has 18 heavy (non-hydrogen) atoms. The monoisotopic (exact) mass is 244 g/mol. The van der Waals surface area contributed by atoms with Crippen molar-refractivity contribution >= 4 is 17.0 Å². The normalized spacial score (nSPS) is 18.3. The molecule has 1 heterocycles. The molecule has 1 aliphatic rings. The van der Waals surface area contributed by atoms with Crippen molar-refractivity contribution in [3.8, 4) is 0 Å². The molecule has 94 valence electrons. The molecule has 0 radical (unpaired) electrons. The number of H-pyrrole nitrogens is 1. The van der Waals surface area contributed by atoms with Gasteiger partial charge in [-0.05, 0) is 31.0 Å². The summed E-state index contributed by atoms with van der Waals surface area (Å²) in [6.45, 7) is 2.23. The lowest BCUT2D eigenvalue weighted by Crippen LogP contribution is -2.18. The van der Waals surface area contributed by atoms with E-state index in [0.717, 1.165) is 29.7 Å². The summed E-state index contributed by atoms with van der Waals surface area (Å²) in [5.41, 5.74) is 2.10. The van der Waals surface area contributed by atoms with Crippen LogP contribution in [0, 0.1) is 0 Å². The minimum Gasteiger partial charge on any atom is -0.478 e. The molecule has 1 fully saturated rings. The molecule has 1 aromatic heterocycles. The van der Waals surface area contributed by atoms with Crippen LogP contribution in [0.25, 0.3) is 11.0 Å². The zero-order chi connectivity index (χ0) is 12.8. The van der Waals surface area contributed by atoms with Gasteiger partial charge in [-0.3, -0.25) is 0 Å². The van der Waals surface area contributed by atoms with E-state index in [2.05, 4.69) is 16.9 Å². The van der Waals surface area contributed by atoms with Crippen LogP contribution in [0.2, 0.25) is 0 Å². The van der Waals surface area contributed by atoms with Gasteiger partial charge in [0, 0.05) is 5.41 Å². The third kappa shape index (κ3) is 1.68. The second-order valence-corrected chi connectivity index (χ2v) is 5.39. The number of aromatic nitrogens is 2. The van der Waals surface area contributed by atoms with Gasteiger partial charge in [-0.15, -0.1) is 0 Å². The highest BCUT2D eigenvalue weighted by Gasteiger charge is 2.33. The molecule has 2 N–H and O–H groups in total. The largest absolute Gasteiger partial charge is 0.478 e. The van der Waals surface area contributed by atoms with E-state index >= 15 is 0 Å². The molecular formula is C14H16N2O2. The van der Waals surface area contributed by atoms with Crippen molar-refractivity contribution in [3.63, 3.8) is 0 Å². The topological polar surface area (TPSA) is 66.0 Å². The summed E-state index contributed by atoms with van der Waals surface area (Å²) in [7, 11) is 0. The summed E-state index contributed by atoms with van der Waals surface area (Å²) in [4.78, 5) is 18.9. The SMILES string of the molecule is CC1(c2nc3ccc(C(=O)O)cc3[nH]2)CCCC1. The molecule has 0 unspecified atom stereocenters. The molecule has 0 spiro atoms. The molecule has 0 amide bonds. The first-order valence-corrected chi connectivity index (χ1v) is 6.32. The fourth-order valence-corrected chi connectivity index (χ4v) is 2.82. The lowest BCUT2D eigenvalue weighted by molar-refractivity contribution is 0.0697. The highest BCUT2D eigenvalue weighted by molar-refractivity contribution is 5.92. The summed E-state index contributed by atoms with van der Waals surface area (Å²) in [6.07, 6.45) is 4.79. The number of benzene rings is 1. The third-order valence-electron chi connectivity index (χ3n) is 4.01. The fraction of sp³-hybridized carbons (Fsp3) is 0.429. The lowest BCUT2D eigenvalue weighted by atomic mass is 9.88. The van der Waals surface area contributed by atoms with Gasteiger partial charge in [-0.2, -0.15) is 0 Å². The van der Waals surface area contributed by atoms with Crippen molar-refractivity contribution in [2.45, 2.75) is 38.0 Å². The van der Waals surface area contributed by atoms with E-state index in [1.165, 1.54) is 12.8 Å². The average molecular weight is 244 g/mol. The molecule has 4 heteroatoms. The number of imidazole rings is 1.